The van der Waals surface area contributed by atoms with Crippen molar-refractivity contribution < 1.29 is 27.1 Å². The average Bonchev–Trinajstić information content (AvgIpc) is 2.96. The Labute approximate surface area is 180 Å². The largest absolute Gasteiger partial charge is 0.489 e. The Balaban J connectivity index is 1.79. The molecule has 2 aromatic carbocycles. The maximum atomic E-state index is 13.6. The zero-order chi connectivity index (χ0) is 22.8. The number of alkyl halides is 3. The van der Waals surface area contributed by atoms with Gasteiger partial charge in [-0.05, 0) is 57.0 Å². The van der Waals surface area contributed by atoms with Crippen molar-refractivity contribution in [2.75, 3.05) is 5.32 Å². The Morgan fingerprint density at radius 2 is 2.00 bits per heavy atom. The molecule has 11 heteroatoms. The number of rotatable bonds is 6. The molecule has 3 aromatic rings. The van der Waals surface area contributed by atoms with Crippen LogP contribution in [0.4, 0.5) is 28.0 Å². The van der Waals surface area contributed by atoms with Gasteiger partial charge < -0.3 is 14.6 Å². The van der Waals surface area contributed by atoms with Gasteiger partial charge in [0, 0.05) is 6.07 Å². The highest BCUT2D eigenvalue weighted by Crippen LogP contribution is 2.31. The number of urea groups is 1. The lowest BCUT2D eigenvalue weighted by Gasteiger charge is -2.15. The summed E-state index contributed by atoms with van der Waals surface area (Å²) in [4.78, 5) is 16.9. The Morgan fingerprint density at radius 3 is 2.68 bits per heavy atom. The van der Waals surface area contributed by atoms with Crippen LogP contribution in [0.1, 0.15) is 19.7 Å². The van der Waals surface area contributed by atoms with Crippen molar-refractivity contribution in [2.24, 2.45) is 0 Å². The average molecular weight is 456 g/mol. The van der Waals surface area contributed by atoms with Crippen LogP contribution in [0, 0.1) is 12.7 Å². The third-order valence-electron chi connectivity index (χ3n) is 4.06. The standard InChI is InChI=1S/C20H20F4N4O2S/c1-11(2)30-16-8-7-13(21)9-15(16)26-19(29)27-31-17-6-4-5-14-18(17)28(12(3)25-14)10-20(22,23)24/h4-9,11H,10H2,1-3H3,(H2,26,27,29). The number of hydrogen-bond donors (Lipinski definition) is 2. The van der Waals surface area contributed by atoms with Crippen molar-refractivity contribution in [3.8, 4) is 5.75 Å². The van der Waals surface area contributed by atoms with E-state index in [0.29, 0.717) is 10.4 Å². The molecule has 1 heterocycles. The summed E-state index contributed by atoms with van der Waals surface area (Å²) in [5, 5.41) is 2.49. The van der Waals surface area contributed by atoms with Crippen LogP contribution >= 0.6 is 11.9 Å². The molecule has 1 aromatic heterocycles. The molecule has 0 atom stereocenters. The number of ether oxygens (including phenoxy) is 1. The third kappa shape index (κ3) is 5.81. The van der Waals surface area contributed by atoms with E-state index in [4.69, 9.17) is 4.74 Å². The molecule has 0 bridgehead atoms. The Morgan fingerprint density at radius 1 is 1.26 bits per heavy atom. The van der Waals surface area contributed by atoms with Gasteiger partial charge >= 0.3 is 12.2 Å². The number of para-hydroxylation sites is 1. The Bertz CT molecular complexity index is 1100. The molecule has 166 valence electrons. The maximum absolute atomic E-state index is 13.6. The van der Waals surface area contributed by atoms with Crippen molar-refractivity contribution in [1.82, 2.24) is 14.3 Å². The highest BCUT2D eigenvalue weighted by molar-refractivity contribution is 7.98. The number of hydrogen-bond acceptors (Lipinski definition) is 4. The number of nitrogens with one attached hydrogen (secondary N) is 2. The van der Waals surface area contributed by atoms with Gasteiger partial charge in [-0.1, -0.05) is 6.07 Å². The van der Waals surface area contributed by atoms with Crippen LogP contribution in [-0.4, -0.2) is 27.9 Å². The fourth-order valence-electron chi connectivity index (χ4n) is 2.93. The first-order chi connectivity index (χ1) is 14.5. The van der Waals surface area contributed by atoms with Crippen molar-refractivity contribution in [2.45, 2.75) is 44.5 Å². The van der Waals surface area contributed by atoms with E-state index >= 15 is 0 Å². The zero-order valence-electron chi connectivity index (χ0n) is 16.9. The van der Waals surface area contributed by atoms with Gasteiger partial charge in [0.05, 0.1) is 27.7 Å². The van der Waals surface area contributed by atoms with Gasteiger partial charge in [-0.2, -0.15) is 13.2 Å². The van der Waals surface area contributed by atoms with Crippen molar-refractivity contribution in [3.63, 3.8) is 0 Å². The van der Waals surface area contributed by atoms with Crippen LogP contribution in [0.2, 0.25) is 0 Å². The van der Waals surface area contributed by atoms with E-state index in [1.54, 1.807) is 32.0 Å². The Kier molecular flexibility index (Phi) is 6.63. The van der Waals surface area contributed by atoms with Gasteiger partial charge in [0.1, 0.15) is 23.9 Å². The van der Waals surface area contributed by atoms with Crippen LogP contribution in [0.15, 0.2) is 41.3 Å². The third-order valence-corrected chi connectivity index (χ3v) is 4.90. The van der Waals surface area contributed by atoms with Gasteiger partial charge in [-0.25, -0.2) is 14.2 Å². The first kappa shape index (κ1) is 22.7. The van der Waals surface area contributed by atoms with Crippen LogP contribution in [0.5, 0.6) is 5.75 Å². The maximum Gasteiger partial charge on any atom is 0.406 e. The second kappa shape index (κ2) is 9.04. The highest BCUT2D eigenvalue weighted by atomic mass is 32.2. The summed E-state index contributed by atoms with van der Waals surface area (Å²) < 4.78 is 61.7. The van der Waals surface area contributed by atoms with Gasteiger partial charge in [0.2, 0.25) is 0 Å². The fraction of sp³-hybridized carbons (Fsp3) is 0.300. The molecule has 0 aliphatic carbocycles. The summed E-state index contributed by atoms with van der Waals surface area (Å²) in [7, 11) is 0. The zero-order valence-corrected chi connectivity index (χ0v) is 17.7. The number of carbonyl (C=O) groups excluding carboxylic acids is 1. The molecule has 2 amide bonds. The predicted octanol–water partition coefficient (Wildman–Crippen LogP) is 5.66. The van der Waals surface area contributed by atoms with E-state index in [0.717, 1.165) is 22.6 Å². The molecular formula is C20H20F4N4O2S. The molecule has 0 fully saturated rings. The summed E-state index contributed by atoms with van der Waals surface area (Å²) in [6, 6.07) is 7.84. The minimum Gasteiger partial charge on any atom is -0.489 e. The van der Waals surface area contributed by atoms with Crippen LogP contribution in [0.3, 0.4) is 0 Å². The molecule has 2 N–H and O–H groups in total. The van der Waals surface area contributed by atoms with Gasteiger partial charge in [0.15, 0.2) is 0 Å². The summed E-state index contributed by atoms with van der Waals surface area (Å²) in [6.07, 6.45) is -4.62. The topological polar surface area (TPSA) is 68.2 Å². The quantitative estimate of drug-likeness (QED) is 0.371. The number of fused-ring (bicyclic) bond motifs is 1. The van der Waals surface area contributed by atoms with E-state index in [2.05, 4.69) is 15.0 Å². The number of anilines is 1. The number of imidazole rings is 1. The predicted molar refractivity (Wildman–Crippen MR) is 111 cm³/mol. The second-order valence-corrected chi connectivity index (χ2v) is 7.80. The van der Waals surface area contributed by atoms with Crippen LogP contribution in [0.25, 0.3) is 11.0 Å². The molecule has 0 saturated heterocycles. The Hall–Kier alpha value is -2.95. The molecule has 0 unspecified atom stereocenters. The van der Waals surface area contributed by atoms with Crippen LogP contribution < -0.4 is 14.8 Å². The lowest BCUT2D eigenvalue weighted by Crippen LogP contribution is -2.24. The van der Waals surface area contributed by atoms with E-state index in [9.17, 15) is 22.4 Å². The lowest BCUT2D eigenvalue weighted by molar-refractivity contribution is -0.140. The van der Waals surface area contributed by atoms with Gasteiger partial charge in [-0.3, -0.25) is 4.72 Å². The summed E-state index contributed by atoms with van der Waals surface area (Å²) in [5.74, 6) is -0.0621. The first-order valence-electron chi connectivity index (χ1n) is 9.26. The molecular weight excluding hydrogens is 436 g/mol. The minimum absolute atomic E-state index is 0.128. The number of halogens is 4. The smallest absolute Gasteiger partial charge is 0.406 e. The normalized spacial score (nSPS) is 11.7. The molecule has 0 radical (unpaired) electrons. The van der Waals surface area contributed by atoms with E-state index in [1.807, 2.05) is 0 Å². The number of nitrogens with zero attached hydrogens (tertiary/aromatic N) is 2. The monoisotopic (exact) mass is 456 g/mol. The van der Waals surface area contributed by atoms with Crippen molar-refractivity contribution in [1.29, 1.82) is 0 Å². The highest BCUT2D eigenvalue weighted by Gasteiger charge is 2.30. The molecule has 0 aliphatic rings. The fourth-order valence-corrected chi connectivity index (χ4v) is 3.64. The molecule has 6 nitrogen and oxygen atoms in total. The first-order valence-corrected chi connectivity index (χ1v) is 10.1. The number of benzene rings is 2. The summed E-state index contributed by atoms with van der Waals surface area (Å²) in [5.41, 5.74) is 0.770. The molecule has 0 spiro atoms. The molecule has 0 saturated carbocycles. The second-order valence-electron chi connectivity index (χ2n) is 6.95. The summed E-state index contributed by atoms with van der Waals surface area (Å²) >= 11 is 0.830. The SMILES string of the molecule is Cc1nc2cccc(SNC(=O)Nc3cc(F)ccc3OC(C)C)c2n1CC(F)(F)F. The summed E-state index contributed by atoms with van der Waals surface area (Å²) in [6.45, 7) is 3.87. The lowest BCUT2D eigenvalue weighted by atomic mass is 10.3. The molecule has 3 rings (SSSR count). The minimum atomic E-state index is -4.43. The molecule has 31 heavy (non-hydrogen) atoms. The van der Waals surface area contributed by atoms with Crippen LogP contribution in [-0.2, 0) is 6.54 Å². The van der Waals surface area contributed by atoms with E-state index in [-0.39, 0.29) is 28.9 Å². The number of carbonyl (C=O) groups is 1. The van der Waals surface area contributed by atoms with E-state index in [1.165, 1.54) is 19.1 Å². The number of amides is 2. The van der Waals surface area contributed by atoms with Crippen molar-refractivity contribution >= 4 is 34.7 Å². The van der Waals surface area contributed by atoms with Gasteiger partial charge in [0.25, 0.3) is 0 Å². The molecule has 0 aliphatic heterocycles. The number of aryl methyl sites for hydroxylation is 1. The van der Waals surface area contributed by atoms with Crippen molar-refractivity contribution in [3.05, 3.63) is 48.0 Å². The van der Waals surface area contributed by atoms with E-state index < -0.39 is 24.6 Å². The number of aromatic nitrogens is 2. The van der Waals surface area contributed by atoms with Gasteiger partial charge in [-0.15, -0.1) is 0 Å².